The van der Waals surface area contributed by atoms with Crippen molar-refractivity contribution in [3.05, 3.63) is 35.9 Å². The molecule has 0 saturated carbocycles. The standard InChI is InChI=1S/C18H26N2O3S/c1-13(2)23-18(22)11-16(14-6-4-3-5-7-14)20-17(21)10-15-12-24-9-8-19-15/h3-7,13,15-16,19H,8-12H2,1-2H3,(H,20,21). The largest absolute Gasteiger partial charge is 0.463 e. The lowest BCUT2D eigenvalue weighted by atomic mass is 10.0. The molecule has 1 aromatic carbocycles. The van der Waals surface area contributed by atoms with Crippen molar-refractivity contribution in [2.45, 2.75) is 44.9 Å². The fourth-order valence-corrected chi connectivity index (χ4v) is 3.59. The number of hydrogen-bond donors (Lipinski definition) is 2. The quantitative estimate of drug-likeness (QED) is 0.739. The highest BCUT2D eigenvalue weighted by molar-refractivity contribution is 7.99. The van der Waals surface area contributed by atoms with Crippen LogP contribution in [0.15, 0.2) is 30.3 Å². The summed E-state index contributed by atoms with van der Waals surface area (Å²) in [6.07, 6.45) is 0.407. The number of carbonyl (C=O) groups is 2. The van der Waals surface area contributed by atoms with Crippen LogP contribution in [0.25, 0.3) is 0 Å². The van der Waals surface area contributed by atoms with Crippen molar-refractivity contribution in [3.63, 3.8) is 0 Å². The fourth-order valence-electron chi connectivity index (χ4n) is 2.64. The molecule has 6 heteroatoms. The highest BCUT2D eigenvalue weighted by atomic mass is 32.2. The van der Waals surface area contributed by atoms with Crippen molar-refractivity contribution < 1.29 is 14.3 Å². The topological polar surface area (TPSA) is 67.4 Å². The Kier molecular flexibility index (Phi) is 7.59. The van der Waals surface area contributed by atoms with Crippen molar-refractivity contribution in [2.24, 2.45) is 0 Å². The minimum Gasteiger partial charge on any atom is -0.463 e. The second-order valence-electron chi connectivity index (χ2n) is 6.20. The SMILES string of the molecule is CC(C)OC(=O)CC(NC(=O)CC1CSCCN1)c1ccccc1. The maximum absolute atomic E-state index is 12.4. The number of hydrogen-bond acceptors (Lipinski definition) is 5. The van der Waals surface area contributed by atoms with E-state index in [4.69, 9.17) is 4.74 Å². The molecule has 0 aliphatic carbocycles. The summed E-state index contributed by atoms with van der Waals surface area (Å²) in [5, 5.41) is 6.35. The average molecular weight is 350 g/mol. The lowest BCUT2D eigenvalue weighted by Crippen LogP contribution is -2.42. The third kappa shape index (κ3) is 6.53. The molecule has 0 radical (unpaired) electrons. The zero-order valence-corrected chi connectivity index (χ0v) is 15.1. The Morgan fingerprint density at radius 2 is 2.08 bits per heavy atom. The minimum atomic E-state index is -0.360. The van der Waals surface area contributed by atoms with Gasteiger partial charge in [0.25, 0.3) is 0 Å². The van der Waals surface area contributed by atoms with Crippen LogP contribution in [0.1, 0.15) is 38.3 Å². The summed E-state index contributed by atoms with van der Waals surface area (Å²) in [7, 11) is 0. The molecule has 1 amide bonds. The van der Waals surface area contributed by atoms with Crippen LogP contribution in [0.4, 0.5) is 0 Å². The zero-order valence-electron chi connectivity index (χ0n) is 14.3. The van der Waals surface area contributed by atoms with Gasteiger partial charge in [0.1, 0.15) is 0 Å². The van der Waals surface area contributed by atoms with E-state index in [0.29, 0.717) is 6.42 Å². The maximum atomic E-state index is 12.4. The number of esters is 1. The monoisotopic (exact) mass is 350 g/mol. The molecule has 1 aromatic rings. The molecule has 1 fully saturated rings. The third-order valence-electron chi connectivity index (χ3n) is 3.71. The number of amides is 1. The Hall–Kier alpha value is -1.53. The molecule has 1 aliphatic heterocycles. The Morgan fingerprint density at radius 1 is 1.33 bits per heavy atom. The third-order valence-corrected chi connectivity index (χ3v) is 4.84. The summed E-state index contributed by atoms with van der Waals surface area (Å²) in [6.45, 7) is 4.58. The van der Waals surface area contributed by atoms with Crippen molar-refractivity contribution in [2.75, 3.05) is 18.1 Å². The molecule has 2 unspecified atom stereocenters. The zero-order chi connectivity index (χ0) is 17.4. The maximum Gasteiger partial charge on any atom is 0.308 e. The van der Waals surface area contributed by atoms with Gasteiger partial charge in [-0.1, -0.05) is 30.3 Å². The van der Waals surface area contributed by atoms with E-state index < -0.39 is 0 Å². The molecular weight excluding hydrogens is 324 g/mol. The van der Waals surface area contributed by atoms with Crippen molar-refractivity contribution in [1.82, 2.24) is 10.6 Å². The predicted molar refractivity (Wildman–Crippen MR) is 96.9 cm³/mol. The molecule has 2 N–H and O–H groups in total. The van der Waals surface area contributed by atoms with Gasteiger partial charge < -0.3 is 15.4 Å². The van der Waals surface area contributed by atoms with Crippen LogP contribution in [-0.4, -0.2) is 42.1 Å². The molecule has 24 heavy (non-hydrogen) atoms. The number of thioether (sulfide) groups is 1. The number of carbonyl (C=O) groups excluding carboxylic acids is 2. The van der Waals surface area contributed by atoms with Gasteiger partial charge in [-0.05, 0) is 19.4 Å². The highest BCUT2D eigenvalue weighted by Crippen LogP contribution is 2.18. The molecule has 0 spiro atoms. The van der Waals surface area contributed by atoms with E-state index in [1.165, 1.54) is 0 Å². The number of nitrogens with one attached hydrogen (secondary N) is 2. The smallest absolute Gasteiger partial charge is 0.308 e. The number of rotatable bonds is 7. The first-order valence-corrected chi connectivity index (χ1v) is 9.55. The van der Waals surface area contributed by atoms with E-state index in [2.05, 4.69) is 10.6 Å². The summed E-state index contributed by atoms with van der Waals surface area (Å²) in [4.78, 5) is 24.4. The second-order valence-corrected chi connectivity index (χ2v) is 7.35. The molecule has 1 aliphatic rings. The molecule has 0 aromatic heterocycles. The summed E-state index contributed by atoms with van der Waals surface area (Å²) < 4.78 is 5.23. The van der Waals surface area contributed by atoms with Crippen LogP contribution >= 0.6 is 11.8 Å². The van der Waals surface area contributed by atoms with Crippen LogP contribution in [0.2, 0.25) is 0 Å². The van der Waals surface area contributed by atoms with E-state index in [0.717, 1.165) is 23.6 Å². The first kappa shape index (κ1) is 18.8. The van der Waals surface area contributed by atoms with E-state index in [9.17, 15) is 9.59 Å². The Morgan fingerprint density at radius 3 is 2.71 bits per heavy atom. The second kappa shape index (κ2) is 9.69. The molecule has 2 atom stereocenters. The normalized spacial score (nSPS) is 18.9. The van der Waals surface area contributed by atoms with E-state index in [1.54, 1.807) is 0 Å². The number of benzene rings is 1. The van der Waals surface area contributed by atoms with Gasteiger partial charge in [-0.15, -0.1) is 0 Å². The van der Waals surface area contributed by atoms with Crippen molar-refractivity contribution in [3.8, 4) is 0 Å². The van der Waals surface area contributed by atoms with Crippen molar-refractivity contribution in [1.29, 1.82) is 0 Å². The lowest BCUT2D eigenvalue weighted by molar-refractivity contribution is -0.148. The summed E-state index contributed by atoms with van der Waals surface area (Å²) in [5.41, 5.74) is 0.914. The Balaban J connectivity index is 1.96. The predicted octanol–water partition coefficient (Wildman–Crippen LogP) is 2.28. The Bertz CT molecular complexity index is 530. The van der Waals surface area contributed by atoms with Gasteiger partial charge >= 0.3 is 5.97 Å². The summed E-state index contributed by atoms with van der Waals surface area (Å²) >= 11 is 1.86. The van der Waals surface area contributed by atoms with E-state index in [-0.39, 0.29) is 36.5 Å². The number of ether oxygens (including phenoxy) is 1. The van der Waals surface area contributed by atoms with Crippen LogP contribution in [0.3, 0.4) is 0 Å². The van der Waals surface area contributed by atoms with Gasteiger partial charge in [0, 0.05) is 30.5 Å². The molecule has 1 saturated heterocycles. The molecule has 5 nitrogen and oxygen atoms in total. The summed E-state index contributed by atoms with van der Waals surface area (Å²) in [5.74, 6) is 1.69. The van der Waals surface area contributed by atoms with E-state index in [1.807, 2.05) is 55.9 Å². The molecular formula is C18H26N2O3S. The van der Waals surface area contributed by atoms with Gasteiger partial charge in [-0.3, -0.25) is 9.59 Å². The first-order chi connectivity index (χ1) is 11.5. The van der Waals surface area contributed by atoms with Gasteiger partial charge in [0.15, 0.2) is 0 Å². The minimum absolute atomic E-state index is 0.0406. The van der Waals surface area contributed by atoms with Gasteiger partial charge in [-0.2, -0.15) is 11.8 Å². The van der Waals surface area contributed by atoms with Crippen molar-refractivity contribution >= 4 is 23.6 Å². The molecule has 1 heterocycles. The Labute approximate surface area is 147 Å². The van der Waals surface area contributed by atoms with Crippen LogP contribution in [0, 0.1) is 0 Å². The van der Waals surface area contributed by atoms with Gasteiger partial charge in [0.2, 0.25) is 5.91 Å². The van der Waals surface area contributed by atoms with Gasteiger partial charge in [-0.25, -0.2) is 0 Å². The van der Waals surface area contributed by atoms with Gasteiger partial charge in [0.05, 0.1) is 18.6 Å². The lowest BCUT2D eigenvalue weighted by Gasteiger charge is -2.24. The highest BCUT2D eigenvalue weighted by Gasteiger charge is 2.22. The summed E-state index contributed by atoms with van der Waals surface area (Å²) in [6, 6.07) is 9.40. The molecule has 132 valence electrons. The first-order valence-electron chi connectivity index (χ1n) is 8.39. The average Bonchev–Trinajstić information content (AvgIpc) is 2.55. The van der Waals surface area contributed by atoms with E-state index >= 15 is 0 Å². The molecule has 2 rings (SSSR count). The van der Waals surface area contributed by atoms with Crippen LogP contribution in [-0.2, 0) is 14.3 Å². The van der Waals surface area contributed by atoms with Crippen LogP contribution < -0.4 is 10.6 Å². The fraction of sp³-hybridized carbons (Fsp3) is 0.556. The van der Waals surface area contributed by atoms with Crippen LogP contribution in [0.5, 0.6) is 0 Å². The molecule has 0 bridgehead atoms.